The van der Waals surface area contributed by atoms with E-state index in [2.05, 4.69) is 10.3 Å². The first kappa shape index (κ1) is 18.8. The molecule has 0 fully saturated rings. The van der Waals surface area contributed by atoms with Crippen LogP contribution in [0, 0.1) is 5.82 Å². The van der Waals surface area contributed by atoms with E-state index in [4.69, 9.17) is 4.74 Å². The van der Waals surface area contributed by atoms with Gasteiger partial charge >= 0.3 is 5.97 Å². The molecule has 0 aliphatic rings. The van der Waals surface area contributed by atoms with Crippen molar-refractivity contribution in [1.82, 2.24) is 4.98 Å². The van der Waals surface area contributed by atoms with Crippen LogP contribution in [-0.2, 0) is 12.8 Å². The van der Waals surface area contributed by atoms with Crippen molar-refractivity contribution >= 4 is 22.4 Å². The fourth-order valence-corrected chi connectivity index (χ4v) is 3.58. The van der Waals surface area contributed by atoms with Crippen molar-refractivity contribution in [2.75, 3.05) is 19.5 Å². The van der Waals surface area contributed by atoms with Gasteiger partial charge in [-0.25, -0.2) is 14.2 Å². The number of ether oxygens (including phenoxy) is 1. The largest absolute Gasteiger partial charge is 0.497 e. The molecular formula is C20H19FN2O3S. The van der Waals surface area contributed by atoms with Gasteiger partial charge in [0.25, 0.3) is 0 Å². The number of nitrogens with one attached hydrogen (secondary N) is 1. The van der Waals surface area contributed by atoms with Crippen LogP contribution in [0.3, 0.4) is 0 Å². The average molecular weight is 386 g/mol. The van der Waals surface area contributed by atoms with Gasteiger partial charge in [0.15, 0.2) is 5.13 Å². The summed E-state index contributed by atoms with van der Waals surface area (Å²) < 4.78 is 19.7. The normalized spacial score (nSPS) is 10.6. The molecule has 0 radical (unpaired) electrons. The fourth-order valence-electron chi connectivity index (χ4n) is 2.78. The molecule has 0 atom stereocenters. The number of carbonyl (C=O) groups is 1. The predicted octanol–water partition coefficient (Wildman–Crippen LogP) is 4.48. The van der Waals surface area contributed by atoms with E-state index in [0.717, 1.165) is 22.5 Å². The average Bonchev–Trinajstić information content (AvgIpc) is 3.10. The summed E-state index contributed by atoms with van der Waals surface area (Å²) in [5, 5.41) is 12.7. The van der Waals surface area contributed by atoms with Gasteiger partial charge in [-0.2, -0.15) is 0 Å². The molecule has 0 unspecified atom stereocenters. The summed E-state index contributed by atoms with van der Waals surface area (Å²) in [6.07, 6.45) is 0.939. The SMILES string of the molecule is CNc1nc(CCc2ccc(-c3ccc(OC)cc3)c(F)c2)c(C(=O)O)s1. The smallest absolute Gasteiger partial charge is 0.347 e. The summed E-state index contributed by atoms with van der Waals surface area (Å²) in [6.45, 7) is 0. The molecule has 0 saturated heterocycles. The summed E-state index contributed by atoms with van der Waals surface area (Å²) in [6, 6.07) is 12.3. The number of carboxylic acids is 1. The van der Waals surface area contributed by atoms with Crippen molar-refractivity contribution in [1.29, 1.82) is 0 Å². The van der Waals surface area contributed by atoms with Crippen LogP contribution in [0.15, 0.2) is 42.5 Å². The maximum absolute atomic E-state index is 14.6. The molecule has 0 saturated carbocycles. The Morgan fingerprint density at radius 1 is 1.22 bits per heavy atom. The highest BCUT2D eigenvalue weighted by Crippen LogP contribution is 2.27. The number of benzene rings is 2. The van der Waals surface area contributed by atoms with Crippen molar-refractivity contribution in [3.8, 4) is 16.9 Å². The van der Waals surface area contributed by atoms with E-state index in [9.17, 15) is 14.3 Å². The minimum absolute atomic E-state index is 0.217. The molecule has 5 nitrogen and oxygen atoms in total. The number of aryl methyl sites for hydroxylation is 2. The first-order chi connectivity index (χ1) is 13.0. The third-order valence-corrected chi connectivity index (χ3v) is 5.29. The molecule has 0 spiro atoms. The van der Waals surface area contributed by atoms with Crippen molar-refractivity contribution in [2.45, 2.75) is 12.8 Å². The Morgan fingerprint density at radius 2 is 1.96 bits per heavy atom. The van der Waals surface area contributed by atoms with Crippen LogP contribution in [0.25, 0.3) is 11.1 Å². The second-order valence-corrected chi connectivity index (χ2v) is 6.89. The van der Waals surface area contributed by atoms with Gasteiger partial charge in [-0.05, 0) is 42.2 Å². The van der Waals surface area contributed by atoms with Crippen molar-refractivity contribution in [3.63, 3.8) is 0 Å². The highest BCUT2D eigenvalue weighted by atomic mass is 32.1. The zero-order valence-electron chi connectivity index (χ0n) is 15.0. The number of halogens is 1. The Labute approximate surface area is 160 Å². The molecule has 0 amide bonds. The van der Waals surface area contributed by atoms with Gasteiger partial charge < -0.3 is 15.2 Å². The number of aromatic carboxylic acids is 1. The van der Waals surface area contributed by atoms with Gasteiger partial charge in [-0.3, -0.25) is 0 Å². The Morgan fingerprint density at radius 3 is 2.56 bits per heavy atom. The fraction of sp³-hybridized carbons (Fsp3) is 0.200. The van der Waals surface area contributed by atoms with E-state index < -0.39 is 5.97 Å². The van der Waals surface area contributed by atoms with Crippen molar-refractivity contribution in [3.05, 3.63) is 64.4 Å². The summed E-state index contributed by atoms with van der Waals surface area (Å²) in [5.74, 6) is -0.593. The van der Waals surface area contributed by atoms with Gasteiger partial charge in [-0.15, -0.1) is 0 Å². The van der Waals surface area contributed by atoms with Crippen LogP contribution in [0.4, 0.5) is 9.52 Å². The second kappa shape index (κ2) is 8.18. The number of anilines is 1. The topological polar surface area (TPSA) is 71.5 Å². The molecule has 7 heteroatoms. The Balaban J connectivity index is 1.76. The monoisotopic (exact) mass is 386 g/mol. The summed E-state index contributed by atoms with van der Waals surface area (Å²) in [4.78, 5) is 15.8. The Kier molecular flexibility index (Phi) is 5.71. The summed E-state index contributed by atoms with van der Waals surface area (Å²) in [7, 11) is 3.28. The van der Waals surface area contributed by atoms with Gasteiger partial charge in [0, 0.05) is 12.6 Å². The quantitative estimate of drug-likeness (QED) is 0.626. The second-order valence-electron chi connectivity index (χ2n) is 5.89. The third-order valence-electron chi connectivity index (χ3n) is 4.19. The van der Waals surface area contributed by atoms with E-state index in [1.54, 1.807) is 32.4 Å². The molecule has 2 N–H and O–H groups in total. The molecule has 1 heterocycles. The maximum atomic E-state index is 14.6. The van der Waals surface area contributed by atoms with Gasteiger partial charge in [0.05, 0.1) is 12.8 Å². The maximum Gasteiger partial charge on any atom is 0.347 e. The van der Waals surface area contributed by atoms with E-state index in [1.807, 2.05) is 18.2 Å². The van der Waals surface area contributed by atoms with E-state index in [-0.39, 0.29) is 10.7 Å². The Hall–Kier alpha value is -2.93. The molecule has 140 valence electrons. The summed E-state index contributed by atoms with van der Waals surface area (Å²) >= 11 is 1.10. The summed E-state index contributed by atoms with van der Waals surface area (Å²) in [5.41, 5.74) is 2.58. The number of carboxylic acid groups (broad SMARTS) is 1. The van der Waals surface area contributed by atoms with Crippen molar-refractivity contribution in [2.24, 2.45) is 0 Å². The zero-order valence-corrected chi connectivity index (χ0v) is 15.8. The van der Waals surface area contributed by atoms with E-state index in [1.165, 1.54) is 6.07 Å². The van der Waals surface area contributed by atoms with Crippen LogP contribution < -0.4 is 10.1 Å². The van der Waals surface area contributed by atoms with Gasteiger partial charge in [-0.1, -0.05) is 35.6 Å². The molecular weight excluding hydrogens is 367 g/mol. The molecule has 0 aliphatic heterocycles. The minimum Gasteiger partial charge on any atom is -0.497 e. The highest BCUT2D eigenvalue weighted by molar-refractivity contribution is 7.17. The van der Waals surface area contributed by atoms with E-state index >= 15 is 0 Å². The number of rotatable bonds is 7. The van der Waals surface area contributed by atoms with Gasteiger partial charge in [0.2, 0.25) is 0 Å². The van der Waals surface area contributed by atoms with Crippen LogP contribution in [0.1, 0.15) is 20.9 Å². The standard InChI is InChI=1S/C20H19FN2O3S/c1-22-20-23-17(18(27-20)19(24)25)10-4-12-3-9-15(16(21)11-12)13-5-7-14(26-2)8-6-13/h3,5-9,11H,4,10H2,1-2H3,(H,22,23)(H,24,25). The van der Waals surface area contributed by atoms with Gasteiger partial charge in [0.1, 0.15) is 16.4 Å². The lowest BCUT2D eigenvalue weighted by Crippen LogP contribution is -2.01. The first-order valence-corrected chi connectivity index (χ1v) is 9.17. The third kappa shape index (κ3) is 4.25. The van der Waals surface area contributed by atoms with Crippen molar-refractivity contribution < 1.29 is 19.0 Å². The van der Waals surface area contributed by atoms with Crippen LogP contribution in [0.5, 0.6) is 5.75 Å². The minimum atomic E-state index is -0.995. The molecule has 0 aliphatic carbocycles. The Bertz CT molecular complexity index is 954. The van der Waals surface area contributed by atoms with Crippen LogP contribution in [0.2, 0.25) is 0 Å². The molecule has 27 heavy (non-hydrogen) atoms. The molecule has 3 aromatic rings. The molecule has 1 aromatic heterocycles. The number of hydrogen-bond acceptors (Lipinski definition) is 5. The first-order valence-electron chi connectivity index (χ1n) is 8.35. The molecule has 0 bridgehead atoms. The van der Waals surface area contributed by atoms with E-state index in [0.29, 0.717) is 35.0 Å². The molecule has 3 rings (SSSR count). The molecule has 2 aromatic carbocycles. The van der Waals surface area contributed by atoms with Crippen LogP contribution in [-0.4, -0.2) is 30.2 Å². The number of hydrogen-bond donors (Lipinski definition) is 2. The number of thiazole rings is 1. The predicted molar refractivity (Wildman–Crippen MR) is 104 cm³/mol. The lowest BCUT2D eigenvalue weighted by atomic mass is 10.0. The lowest BCUT2D eigenvalue weighted by Gasteiger charge is -2.07. The lowest BCUT2D eigenvalue weighted by molar-refractivity contribution is 0.0700. The number of nitrogens with zero attached hydrogens (tertiary/aromatic N) is 1. The number of methoxy groups -OCH3 is 1. The number of aromatic nitrogens is 1. The van der Waals surface area contributed by atoms with Crippen LogP contribution >= 0.6 is 11.3 Å². The zero-order chi connectivity index (χ0) is 19.4. The highest BCUT2D eigenvalue weighted by Gasteiger charge is 2.17.